The molecule has 78 valence electrons. The Labute approximate surface area is 88.5 Å². The van der Waals surface area contributed by atoms with Gasteiger partial charge in [-0.2, -0.15) is 0 Å². The van der Waals surface area contributed by atoms with E-state index in [-0.39, 0.29) is 6.79 Å². The zero-order valence-electron chi connectivity index (χ0n) is 8.03. The molecule has 3 nitrogen and oxygen atoms in total. The summed E-state index contributed by atoms with van der Waals surface area (Å²) in [4.78, 5) is 0. The van der Waals surface area contributed by atoms with Crippen LogP contribution in [0, 0.1) is 0 Å². The maximum atomic E-state index is 5.86. The van der Waals surface area contributed by atoms with Crippen molar-refractivity contribution >= 4 is 11.6 Å². The fraction of sp³-hybridized carbons (Fsp3) is 0.400. The molecule has 0 heterocycles. The van der Waals surface area contributed by atoms with Crippen molar-refractivity contribution in [2.45, 2.75) is 0 Å². The normalized spacial score (nSPS) is 10.1. The minimum Gasteiger partial charge on any atom is -0.466 e. The van der Waals surface area contributed by atoms with Gasteiger partial charge in [-0.05, 0) is 12.1 Å². The van der Waals surface area contributed by atoms with E-state index in [1.54, 1.807) is 19.2 Å². The summed E-state index contributed by atoms with van der Waals surface area (Å²) in [6.45, 7) is 1.26. The first-order chi connectivity index (χ1) is 6.84. The Morgan fingerprint density at radius 1 is 1.21 bits per heavy atom. The van der Waals surface area contributed by atoms with Crippen LogP contribution in [0.25, 0.3) is 0 Å². The molecule has 0 amide bonds. The molecule has 4 heteroatoms. The molecule has 0 saturated heterocycles. The number of halogens is 1. The van der Waals surface area contributed by atoms with Crippen molar-refractivity contribution in [1.29, 1.82) is 0 Å². The van der Waals surface area contributed by atoms with E-state index in [0.717, 1.165) is 0 Å². The van der Waals surface area contributed by atoms with Crippen LogP contribution in [0.1, 0.15) is 0 Å². The zero-order chi connectivity index (χ0) is 10.2. The first-order valence-corrected chi connectivity index (χ1v) is 4.66. The van der Waals surface area contributed by atoms with Gasteiger partial charge < -0.3 is 14.2 Å². The Balaban J connectivity index is 2.21. The highest BCUT2D eigenvalue weighted by Gasteiger charge is 1.98. The van der Waals surface area contributed by atoms with Crippen LogP contribution in [0.2, 0.25) is 5.02 Å². The van der Waals surface area contributed by atoms with E-state index in [1.165, 1.54) is 0 Å². The summed E-state index contributed by atoms with van der Waals surface area (Å²) < 4.78 is 15.2. The molecule has 1 aromatic rings. The lowest BCUT2D eigenvalue weighted by Crippen LogP contribution is -2.07. The van der Waals surface area contributed by atoms with Gasteiger partial charge >= 0.3 is 0 Å². The summed E-state index contributed by atoms with van der Waals surface area (Å²) in [7, 11) is 1.62. The van der Waals surface area contributed by atoms with Crippen LogP contribution in [0.5, 0.6) is 5.75 Å². The van der Waals surface area contributed by atoms with E-state index in [4.69, 9.17) is 25.8 Å². The largest absolute Gasteiger partial charge is 0.466 e. The SMILES string of the molecule is COCCOCOc1ccccc1Cl. The molecule has 0 aliphatic carbocycles. The molecule has 0 spiro atoms. The van der Waals surface area contributed by atoms with Gasteiger partial charge in [-0.25, -0.2) is 0 Å². The minimum absolute atomic E-state index is 0.188. The van der Waals surface area contributed by atoms with Gasteiger partial charge in [0.05, 0.1) is 18.2 Å². The molecule has 0 aromatic heterocycles. The lowest BCUT2D eigenvalue weighted by atomic mass is 10.3. The maximum Gasteiger partial charge on any atom is 0.189 e. The number of hydrogen-bond acceptors (Lipinski definition) is 3. The average Bonchev–Trinajstić information content (AvgIpc) is 2.20. The Bertz CT molecular complexity index is 265. The van der Waals surface area contributed by atoms with E-state index in [2.05, 4.69) is 0 Å². The predicted molar refractivity (Wildman–Crippen MR) is 54.8 cm³/mol. The topological polar surface area (TPSA) is 27.7 Å². The van der Waals surface area contributed by atoms with Crippen molar-refractivity contribution < 1.29 is 14.2 Å². The predicted octanol–water partition coefficient (Wildman–Crippen LogP) is 2.34. The second kappa shape index (κ2) is 6.65. The third-order valence-electron chi connectivity index (χ3n) is 1.57. The van der Waals surface area contributed by atoms with Crippen LogP contribution in [-0.2, 0) is 9.47 Å². The number of rotatable bonds is 6. The minimum atomic E-state index is 0.188. The van der Waals surface area contributed by atoms with Gasteiger partial charge in [0.2, 0.25) is 0 Å². The molecule has 1 rings (SSSR count). The number of methoxy groups -OCH3 is 1. The van der Waals surface area contributed by atoms with E-state index in [1.807, 2.05) is 12.1 Å². The van der Waals surface area contributed by atoms with Crippen molar-refractivity contribution in [1.82, 2.24) is 0 Å². The van der Waals surface area contributed by atoms with Gasteiger partial charge in [-0.15, -0.1) is 0 Å². The Kier molecular flexibility index (Phi) is 5.37. The Hall–Kier alpha value is -0.770. The van der Waals surface area contributed by atoms with Crippen LogP contribution in [0.15, 0.2) is 24.3 Å². The summed E-state index contributed by atoms with van der Waals surface area (Å²) in [5.74, 6) is 0.631. The molecule has 0 aliphatic heterocycles. The fourth-order valence-electron chi connectivity index (χ4n) is 0.868. The van der Waals surface area contributed by atoms with Crippen LogP contribution in [0.3, 0.4) is 0 Å². The van der Waals surface area contributed by atoms with Gasteiger partial charge in [0.15, 0.2) is 6.79 Å². The third-order valence-corrected chi connectivity index (χ3v) is 1.88. The Morgan fingerprint density at radius 2 is 2.00 bits per heavy atom. The van der Waals surface area contributed by atoms with Crippen molar-refractivity contribution in [2.24, 2.45) is 0 Å². The molecule has 0 atom stereocenters. The molecule has 0 bridgehead atoms. The zero-order valence-corrected chi connectivity index (χ0v) is 8.79. The number of para-hydroxylation sites is 1. The summed E-state index contributed by atoms with van der Waals surface area (Å²) in [6.07, 6.45) is 0. The highest BCUT2D eigenvalue weighted by Crippen LogP contribution is 2.22. The molecule has 14 heavy (non-hydrogen) atoms. The lowest BCUT2D eigenvalue weighted by Gasteiger charge is -2.07. The quantitative estimate of drug-likeness (QED) is 0.540. The molecule has 1 aromatic carbocycles. The van der Waals surface area contributed by atoms with Gasteiger partial charge in [0.25, 0.3) is 0 Å². The molecule has 0 saturated carbocycles. The highest BCUT2D eigenvalue weighted by molar-refractivity contribution is 6.32. The fourth-order valence-corrected chi connectivity index (χ4v) is 1.06. The van der Waals surface area contributed by atoms with Crippen molar-refractivity contribution in [3.8, 4) is 5.75 Å². The first-order valence-electron chi connectivity index (χ1n) is 4.28. The summed E-state index contributed by atoms with van der Waals surface area (Å²) >= 11 is 5.86. The van der Waals surface area contributed by atoms with E-state index < -0.39 is 0 Å². The van der Waals surface area contributed by atoms with Gasteiger partial charge in [-0.3, -0.25) is 0 Å². The van der Waals surface area contributed by atoms with Gasteiger partial charge in [0, 0.05) is 7.11 Å². The first kappa shape index (κ1) is 11.3. The van der Waals surface area contributed by atoms with Gasteiger partial charge in [0.1, 0.15) is 5.75 Å². The number of benzene rings is 1. The Morgan fingerprint density at radius 3 is 2.71 bits per heavy atom. The monoisotopic (exact) mass is 216 g/mol. The number of hydrogen-bond donors (Lipinski definition) is 0. The molecular formula is C10H13ClO3. The summed E-state index contributed by atoms with van der Waals surface area (Å²) in [5.41, 5.74) is 0. The molecule has 0 N–H and O–H groups in total. The van der Waals surface area contributed by atoms with Crippen LogP contribution >= 0.6 is 11.6 Å². The maximum absolute atomic E-state index is 5.86. The summed E-state index contributed by atoms with van der Waals surface area (Å²) in [6, 6.07) is 7.27. The summed E-state index contributed by atoms with van der Waals surface area (Å²) in [5, 5.41) is 0.586. The van der Waals surface area contributed by atoms with Crippen molar-refractivity contribution in [3.05, 3.63) is 29.3 Å². The van der Waals surface area contributed by atoms with Crippen molar-refractivity contribution in [2.75, 3.05) is 27.1 Å². The lowest BCUT2D eigenvalue weighted by molar-refractivity contribution is -0.00842. The standard InChI is InChI=1S/C10H13ClO3/c1-12-6-7-13-8-14-10-5-3-2-4-9(10)11/h2-5H,6-8H2,1H3. The van der Waals surface area contributed by atoms with Gasteiger partial charge in [-0.1, -0.05) is 23.7 Å². The van der Waals surface area contributed by atoms with Crippen LogP contribution in [-0.4, -0.2) is 27.1 Å². The third kappa shape index (κ3) is 3.96. The highest BCUT2D eigenvalue weighted by atomic mass is 35.5. The molecular weight excluding hydrogens is 204 g/mol. The smallest absolute Gasteiger partial charge is 0.189 e. The molecule has 0 radical (unpaired) electrons. The molecule has 0 fully saturated rings. The van der Waals surface area contributed by atoms with Crippen LogP contribution < -0.4 is 4.74 Å². The van der Waals surface area contributed by atoms with Crippen LogP contribution in [0.4, 0.5) is 0 Å². The van der Waals surface area contributed by atoms with E-state index >= 15 is 0 Å². The molecule has 0 unspecified atom stereocenters. The number of ether oxygens (including phenoxy) is 3. The van der Waals surface area contributed by atoms with E-state index in [9.17, 15) is 0 Å². The van der Waals surface area contributed by atoms with E-state index in [0.29, 0.717) is 24.0 Å². The molecule has 0 aliphatic rings. The second-order valence-corrected chi connectivity index (χ2v) is 3.00. The average molecular weight is 217 g/mol. The second-order valence-electron chi connectivity index (χ2n) is 2.59. The van der Waals surface area contributed by atoms with Crippen molar-refractivity contribution in [3.63, 3.8) is 0 Å².